The summed E-state index contributed by atoms with van der Waals surface area (Å²) in [5.41, 5.74) is 5.20. The third-order valence-corrected chi connectivity index (χ3v) is 4.36. The third kappa shape index (κ3) is 2.76. The molecule has 0 fully saturated rings. The summed E-state index contributed by atoms with van der Waals surface area (Å²) in [5.74, 6) is -0.00502. The molecule has 24 heavy (non-hydrogen) atoms. The first-order valence-electron chi connectivity index (χ1n) is 8.11. The summed E-state index contributed by atoms with van der Waals surface area (Å²) >= 11 is 0. The van der Waals surface area contributed by atoms with E-state index in [1.54, 1.807) is 0 Å². The van der Waals surface area contributed by atoms with Gasteiger partial charge in [0.25, 0.3) is 0 Å². The number of amides is 1. The number of fused-ring (bicyclic) bond motifs is 1. The van der Waals surface area contributed by atoms with Crippen LogP contribution in [0.15, 0.2) is 78.9 Å². The Bertz CT molecular complexity index is 849. The van der Waals surface area contributed by atoms with Crippen LogP contribution in [-0.2, 0) is 11.2 Å². The van der Waals surface area contributed by atoms with E-state index in [4.69, 9.17) is 0 Å². The SMILES string of the molecule is O=C(Nc1ccccc1-c1ccccc1)C1Cc2ccccc2N1. The number of hydrogen-bond acceptors (Lipinski definition) is 2. The van der Waals surface area contributed by atoms with Crippen LogP contribution in [0.2, 0.25) is 0 Å². The minimum Gasteiger partial charge on any atom is -0.373 e. The fourth-order valence-electron chi connectivity index (χ4n) is 3.14. The predicted molar refractivity (Wildman–Crippen MR) is 98.1 cm³/mol. The number of carbonyl (C=O) groups excluding carboxylic acids is 1. The van der Waals surface area contributed by atoms with Crippen molar-refractivity contribution < 1.29 is 4.79 Å². The van der Waals surface area contributed by atoms with Gasteiger partial charge in [0.15, 0.2) is 0 Å². The number of anilines is 2. The topological polar surface area (TPSA) is 41.1 Å². The van der Waals surface area contributed by atoms with E-state index in [1.807, 2.05) is 60.7 Å². The van der Waals surface area contributed by atoms with Gasteiger partial charge >= 0.3 is 0 Å². The molecule has 3 aromatic rings. The van der Waals surface area contributed by atoms with Crippen molar-refractivity contribution >= 4 is 17.3 Å². The van der Waals surface area contributed by atoms with Crippen LogP contribution < -0.4 is 10.6 Å². The molecule has 0 saturated carbocycles. The molecule has 1 aliphatic heterocycles. The Labute approximate surface area is 141 Å². The van der Waals surface area contributed by atoms with E-state index in [1.165, 1.54) is 5.56 Å². The van der Waals surface area contributed by atoms with Gasteiger partial charge in [-0.25, -0.2) is 0 Å². The van der Waals surface area contributed by atoms with Gasteiger partial charge in [-0.05, 0) is 23.3 Å². The van der Waals surface area contributed by atoms with Gasteiger partial charge in [-0.3, -0.25) is 4.79 Å². The van der Waals surface area contributed by atoms with Crippen LogP contribution in [0.5, 0.6) is 0 Å². The van der Waals surface area contributed by atoms with Crippen molar-refractivity contribution in [3.05, 3.63) is 84.4 Å². The van der Waals surface area contributed by atoms with E-state index >= 15 is 0 Å². The molecule has 3 nitrogen and oxygen atoms in total. The lowest BCUT2D eigenvalue weighted by atomic mass is 10.0. The summed E-state index contributed by atoms with van der Waals surface area (Å²) in [6.45, 7) is 0. The Morgan fingerprint density at radius 2 is 1.58 bits per heavy atom. The van der Waals surface area contributed by atoms with Crippen molar-refractivity contribution in [2.45, 2.75) is 12.5 Å². The maximum Gasteiger partial charge on any atom is 0.247 e. The summed E-state index contributed by atoms with van der Waals surface area (Å²) in [6.07, 6.45) is 0.718. The number of carbonyl (C=O) groups is 1. The molecule has 118 valence electrons. The Kier molecular flexibility index (Phi) is 3.75. The molecule has 3 aromatic carbocycles. The maximum absolute atomic E-state index is 12.7. The smallest absolute Gasteiger partial charge is 0.247 e. The predicted octanol–water partition coefficient (Wildman–Crippen LogP) is 4.33. The van der Waals surface area contributed by atoms with Crippen LogP contribution in [0, 0.1) is 0 Å². The highest BCUT2D eigenvalue weighted by molar-refractivity contribution is 6.00. The minimum absolute atomic E-state index is 0.00502. The summed E-state index contributed by atoms with van der Waals surface area (Å²) in [5, 5.41) is 6.39. The average Bonchev–Trinajstić information content (AvgIpc) is 3.07. The highest BCUT2D eigenvalue weighted by atomic mass is 16.2. The van der Waals surface area contributed by atoms with Crippen LogP contribution in [-0.4, -0.2) is 11.9 Å². The van der Waals surface area contributed by atoms with Crippen LogP contribution in [0.25, 0.3) is 11.1 Å². The van der Waals surface area contributed by atoms with Gasteiger partial charge < -0.3 is 10.6 Å². The molecule has 2 N–H and O–H groups in total. The van der Waals surface area contributed by atoms with E-state index in [0.29, 0.717) is 0 Å². The zero-order chi connectivity index (χ0) is 16.4. The zero-order valence-corrected chi connectivity index (χ0v) is 13.2. The monoisotopic (exact) mass is 314 g/mol. The highest BCUT2D eigenvalue weighted by Crippen LogP contribution is 2.29. The maximum atomic E-state index is 12.7. The molecule has 0 aromatic heterocycles. The van der Waals surface area contributed by atoms with Gasteiger partial charge in [-0.1, -0.05) is 66.7 Å². The third-order valence-electron chi connectivity index (χ3n) is 4.36. The standard InChI is InChI=1S/C21H18N2O/c24-21(20-14-16-10-4-6-12-18(16)22-20)23-19-13-7-5-11-17(19)15-8-2-1-3-9-15/h1-13,20,22H,14H2,(H,23,24). The van der Waals surface area contributed by atoms with Gasteiger partial charge in [0.05, 0.1) is 0 Å². The largest absolute Gasteiger partial charge is 0.373 e. The Balaban J connectivity index is 1.56. The molecule has 0 spiro atoms. The average molecular weight is 314 g/mol. The van der Waals surface area contributed by atoms with Crippen molar-refractivity contribution in [3.8, 4) is 11.1 Å². The van der Waals surface area contributed by atoms with E-state index in [-0.39, 0.29) is 11.9 Å². The van der Waals surface area contributed by atoms with Crippen molar-refractivity contribution in [2.75, 3.05) is 10.6 Å². The molecule has 1 heterocycles. The lowest BCUT2D eigenvalue weighted by molar-refractivity contribution is -0.116. The Morgan fingerprint density at radius 3 is 2.42 bits per heavy atom. The summed E-state index contributed by atoms with van der Waals surface area (Å²) in [7, 11) is 0. The molecule has 0 saturated heterocycles. The first-order chi connectivity index (χ1) is 11.8. The van der Waals surface area contributed by atoms with E-state index in [9.17, 15) is 4.79 Å². The first kappa shape index (κ1) is 14.5. The number of para-hydroxylation sites is 2. The molecule has 0 aliphatic carbocycles. The summed E-state index contributed by atoms with van der Waals surface area (Å²) < 4.78 is 0. The van der Waals surface area contributed by atoms with Gasteiger partial charge in [0.2, 0.25) is 5.91 Å². The van der Waals surface area contributed by atoms with Gasteiger partial charge in [-0.15, -0.1) is 0 Å². The van der Waals surface area contributed by atoms with Crippen LogP contribution in [0.3, 0.4) is 0 Å². The highest BCUT2D eigenvalue weighted by Gasteiger charge is 2.26. The Hall–Kier alpha value is -3.07. The quantitative estimate of drug-likeness (QED) is 0.755. The first-order valence-corrected chi connectivity index (χ1v) is 8.11. The van der Waals surface area contributed by atoms with E-state index < -0.39 is 0 Å². The van der Waals surface area contributed by atoms with E-state index in [2.05, 4.69) is 28.8 Å². The second kappa shape index (κ2) is 6.20. The molecule has 1 unspecified atom stereocenters. The lowest BCUT2D eigenvalue weighted by Crippen LogP contribution is -2.32. The summed E-state index contributed by atoms with van der Waals surface area (Å²) in [6, 6.07) is 25.8. The second-order valence-electron chi connectivity index (χ2n) is 5.96. The fraction of sp³-hybridized carbons (Fsp3) is 0.0952. The van der Waals surface area contributed by atoms with Crippen molar-refractivity contribution in [3.63, 3.8) is 0 Å². The van der Waals surface area contributed by atoms with Crippen LogP contribution in [0.4, 0.5) is 11.4 Å². The number of benzene rings is 3. The molecule has 1 amide bonds. The zero-order valence-electron chi connectivity index (χ0n) is 13.2. The van der Waals surface area contributed by atoms with Crippen molar-refractivity contribution in [1.29, 1.82) is 0 Å². The van der Waals surface area contributed by atoms with E-state index in [0.717, 1.165) is 28.9 Å². The summed E-state index contributed by atoms with van der Waals surface area (Å²) in [4.78, 5) is 12.7. The molecular weight excluding hydrogens is 296 g/mol. The molecule has 1 atom stereocenters. The number of rotatable bonds is 3. The van der Waals surface area contributed by atoms with Crippen molar-refractivity contribution in [2.24, 2.45) is 0 Å². The second-order valence-corrected chi connectivity index (χ2v) is 5.96. The number of hydrogen-bond donors (Lipinski definition) is 2. The normalized spacial score (nSPS) is 15.4. The van der Waals surface area contributed by atoms with Gasteiger partial charge in [0.1, 0.15) is 6.04 Å². The van der Waals surface area contributed by atoms with Gasteiger partial charge in [0, 0.05) is 23.4 Å². The fourth-order valence-corrected chi connectivity index (χ4v) is 3.14. The molecular formula is C21H18N2O. The number of nitrogens with one attached hydrogen (secondary N) is 2. The lowest BCUT2D eigenvalue weighted by Gasteiger charge is -2.15. The molecule has 0 radical (unpaired) electrons. The molecule has 1 aliphatic rings. The minimum atomic E-state index is -0.230. The Morgan fingerprint density at radius 1 is 0.875 bits per heavy atom. The van der Waals surface area contributed by atoms with Crippen LogP contribution >= 0.6 is 0 Å². The molecule has 0 bridgehead atoms. The van der Waals surface area contributed by atoms with Gasteiger partial charge in [-0.2, -0.15) is 0 Å². The molecule has 3 heteroatoms. The molecule has 4 rings (SSSR count). The van der Waals surface area contributed by atoms with Crippen LogP contribution in [0.1, 0.15) is 5.56 Å². The van der Waals surface area contributed by atoms with Crippen molar-refractivity contribution in [1.82, 2.24) is 0 Å².